The molecule has 1 aromatic carbocycles. The number of thiophene rings is 1. The van der Waals surface area contributed by atoms with Gasteiger partial charge in [-0.2, -0.15) is 4.98 Å². The average Bonchev–Trinajstić information content (AvgIpc) is 2.93. The summed E-state index contributed by atoms with van der Waals surface area (Å²) in [5.74, 6) is 1.17. The molecule has 0 radical (unpaired) electrons. The molecule has 1 saturated carbocycles. The Morgan fingerprint density at radius 3 is 2.48 bits per heavy atom. The molecule has 2 N–H and O–H groups in total. The maximum Gasteiger partial charge on any atom is 0.268 e. The summed E-state index contributed by atoms with van der Waals surface area (Å²) in [6, 6.07) is 7.45. The Kier molecular flexibility index (Phi) is 3.41. The molecule has 0 saturated heterocycles. The second-order valence-electron chi connectivity index (χ2n) is 5.78. The molecule has 0 spiro atoms. The molecule has 0 atom stereocenters. The molecule has 1 aliphatic carbocycles. The summed E-state index contributed by atoms with van der Waals surface area (Å²) in [5.41, 5.74) is 6.81. The molecule has 4 nitrogen and oxygen atoms in total. The van der Waals surface area contributed by atoms with Crippen molar-refractivity contribution in [2.75, 3.05) is 5.73 Å². The third kappa shape index (κ3) is 2.43. The van der Waals surface area contributed by atoms with Crippen LogP contribution in [0, 0.1) is 6.92 Å². The van der Waals surface area contributed by atoms with Crippen LogP contribution in [0.15, 0.2) is 28.8 Å². The van der Waals surface area contributed by atoms with E-state index in [0.717, 1.165) is 23.3 Å². The summed E-state index contributed by atoms with van der Waals surface area (Å²) in [6.07, 6.45) is 1.78. The van der Waals surface area contributed by atoms with Gasteiger partial charge < -0.3 is 10.3 Å². The number of rotatable bonds is 3. The summed E-state index contributed by atoms with van der Waals surface area (Å²) in [7, 11) is 0. The monoisotopic (exact) mass is 365 g/mol. The molecule has 7 heteroatoms. The molecule has 118 valence electrons. The van der Waals surface area contributed by atoms with Gasteiger partial charge in [0, 0.05) is 26.2 Å². The fourth-order valence-corrected chi connectivity index (χ4v) is 4.48. The van der Waals surface area contributed by atoms with Crippen molar-refractivity contribution in [3.05, 3.63) is 50.6 Å². The number of anilines is 1. The van der Waals surface area contributed by atoms with Crippen LogP contribution in [-0.4, -0.2) is 10.1 Å². The van der Waals surface area contributed by atoms with Gasteiger partial charge in [0.2, 0.25) is 0 Å². The first-order chi connectivity index (χ1) is 11.0. The van der Waals surface area contributed by atoms with Gasteiger partial charge in [-0.25, -0.2) is 0 Å². The predicted octanol–water partition coefficient (Wildman–Crippen LogP) is 5.08. The number of benzene rings is 1. The van der Waals surface area contributed by atoms with E-state index in [1.807, 2.05) is 19.1 Å². The van der Waals surface area contributed by atoms with Gasteiger partial charge in [0.1, 0.15) is 0 Å². The smallest absolute Gasteiger partial charge is 0.268 e. The zero-order valence-corrected chi connectivity index (χ0v) is 14.6. The Hall–Kier alpha value is -1.56. The highest BCUT2D eigenvalue weighted by Crippen LogP contribution is 2.56. The van der Waals surface area contributed by atoms with Crippen molar-refractivity contribution in [3.63, 3.8) is 0 Å². The topological polar surface area (TPSA) is 64.9 Å². The van der Waals surface area contributed by atoms with Gasteiger partial charge in [-0.3, -0.25) is 0 Å². The summed E-state index contributed by atoms with van der Waals surface area (Å²) >= 11 is 14.4. The molecule has 0 unspecified atom stereocenters. The lowest BCUT2D eigenvalue weighted by atomic mass is 9.94. The van der Waals surface area contributed by atoms with Crippen LogP contribution in [0.1, 0.15) is 29.1 Å². The largest absolute Gasteiger partial charge is 0.399 e. The van der Waals surface area contributed by atoms with Crippen LogP contribution >= 0.6 is 34.5 Å². The van der Waals surface area contributed by atoms with E-state index in [0.29, 0.717) is 27.4 Å². The van der Waals surface area contributed by atoms with E-state index in [9.17, 15) is 0 Å². The molecule has 0 amide bonds. The van der Waals surface area contributed by atoms with E-state index in [-0.39, 0.29) is 5.41 Å². The maximum atomic E-state index is 6.39. The maximum absolute atomic E-state index is 6.39. The Morgan fingerprint density at radius 2 is 1.91 bits per heavy atom. The summed E-state index contributed by atoms with van der Waals surface area (Å²) in [5, 5.41) is 5.28. The summed E-state index contributed by atoms with van der Waals surface area (Å²) in [4.78, 5) is 6.76. The van der Waals surface area contributed by atoms with E-state index in [4.69, 9.17) is 33.5 Å². The highest BCUT2D eigenvalue weighted by Gasteiger charge is 2.52. The molecular formula is C16H13Cl2N3OS. The van der Waals surface area contributed by atoms with Gasteiger partial charge in [0.15, 0.2) is 5.82 Å². The number of nitrogens with zero attached hydrogens (tertiary/aromatic N) is 2. The highest BCUT2D eigenvalue weighted by atomic mass is 35.5. The van der Waals surface area contributed by atoms with Crippen LogP contribution in [0.25, 0.3) is 10.8 Å². The fourth-order valence-electron chi connectivity index (χ4n) is 2.83. The Balaban J connectivity index is 1.78. The molecule has 23 heavy (non-hydrogen) atoms. The number of hydrogen-bond donors (Lipinski definition) is 1. The van der Waals surface area contributed by atoms with Crippen molar-refractivity contribution in [2.24, 2.45) is 0 Å². The Morgan fingerprint density at radius 1 is 1.22 bits per heavy atom. The van der Waals surface area contributed by atoms with Gasteiger partial charge in [0.25, 0.3) is 5.89 Å². The number of aromatic nitrogens is 2. The van der Waals surface area contributed by atoms with Gasteiger partial charge >= 0.3 is 0 Å². The summed E-state index contributed by atoms with van der Waals surface area (Å²) in [6.45, 7) is 2.04. The Labute approximate surface area is 147 Å². The summed E-state index contributed by atoms with van der Waals surface area (Å²) < 4.78 is 5.45. The van der Waals surface area contributed by atoms with Crippen molar-refractivity contribution in [3.8, 4) is 10.8 Å². The van der Waals surface area contributed by atoms with E-state index in [1.54, 1.807) is 23.5 Å². The third-order valence-corrected chi connectivity index (χ3v) is 5.68. The molecule has 2 heterocycles. The number of nitrogen functional groups attached to an aromatic ring is 1. The zero-order chi connectivity index (χ0) is 16.2. The molecular weight excluding hydrogens is 353 g/mol. The number of aryl methyl sites for hydroxylation is 1. The average molecular weight is 366 g/mol. The van der Waals surface area contributed by atoms with E-state index in [1.165, 1.54) is 4.88 Å². The van der Waals surface area contributed by atoms with E-state index in [2.05, 4.69) is 10.1 Å². The minimum atomic E-state index is -0.365. The first kappa shape index (κ1) is 15.0. The van der Waals surface area contributed by atoms with Crippen molar-refractivity contribution >= 4 is 40.2 Å². The van der Waals surface area contributed by atoms with Crippen LogP contribution < -0.4 is 5.73 Å². The molecule has 0 aliphatic heterocycles. The third-order valence-electron chi connectivity index (χ3n) is 4.10. The normalized spacial score (nSPS) is 15.8. The van der Waals surface area contributed by atoms with Crippen LogP contribution in [-0.2, 0) is 5.41 Å². The molecule has 4 rings (SSSR count). The molecule has 0 bridgehead atoms. The van der Waals surface area contributed by atoms with Gasteiger partial charge in [-0.1, -0.05) is 28.4 Å². The first-order valence-corrected chi connectivity index (χ1v) is 8.73. The lowest BCUT2D eigenvalue weighted by molar-refractivity contribution is 0.418. The van der Waals surface area contributed by atoms with E-state index < -0.39 is 0 Å². The first-order valence-electron chi connectivity index (χ1n) is 7.15. The van der Waals surface area contributed by atoms with Gasteiger partial charge in [-0.15, -0.1) is 11.3 Å². The predicted molar refractivity (Wildman–Crippen MR) is 93.2 cm³/mol. The van der Waals surface area contributed by atoms with Crippen molar-refractivity contribution in [2.45, 2.75) is 25.2 Å². The SMILES string of the molecule is Cc1ccc(-c2nc(C3(c4c(Cl)cc(N)cc4Cl)CC3)no2)s1. The van der Waals surface area contributed by atoms with Crippen LogP contribution in [0.2, 0.25) is 10.0 Å². The second kappa shape index (κ2) is 5.23. The van der Waals surface area contributed by atoms with Crippen molar-refractivity contribution in [1.82, 2.24) is 10.1 Å². The van der Waals surface area contributed by atoms with Crippen LogP contribution in [0.5, 0.6) is 0 Å². The van der Waals surface area contributed by atoms with Gasteiger partial charge in [0.05, 0.1) is 10.3 Å². The zero-order valence-electron chi connectivity index (χ0n) is 12.3. The van der Waals surface area contributed by atoms with Crippen LogP contribution in [0.3, 0.4) is 0 Å². The lowest BCUT2D eigenvalue weighted by Gasteiger charge is -2.15. The Bertz CT molecular complexity index is 875. The molecule has 2 aromatic heterocycles. The second-order valence-corrected chi connectivity index (χ2v) is 7.88. The molecule has 1 aliphatic rings. The van der Waals surface area contributed by atoms with Crippen LogP contribution in [0.4, 0.5) is 5.69 Å². The highest BCUT2D eigenvalue weighted by molar-refractivity contribution is 7.15. The van der Waals surface area contributed by atoms with Crippen molar-refractivity contribution in [1.29, 1.82) is 0 Å². The van der Waals surface area contributed by atoms with Gasteiger partial charge in [-0.05, 0) is 44.0 Å². The quantitative estimate of drug-likeness (QED) is 0.657. The van der Waals surface area contributed by atoms with E-state index >= 15 is 0 Å². The lowest BCUT2D eigenvalue weighted by Crippen LogP contribution is -2.12. The number of hydrogen-bond acceptors (Lipinski definition) is 5. The fraction of sp³-hybridized carbons (Fsp3) is 0.250. The number of halogens is 2. The minimum absolute atomic E-state index is 0.365. The molecule has 1 fully saturated rings. The minimum Gasteiger partial charge on any atom is -0.399 e. The van der Waals surface area contributed by atoms with Crippen molar-refractivity contribution < 1.29 is 4.52 Å². The molecule has 3 aromatic rings. The standard InChI is InChI=1S/C16H13Cl2N3OS/c1-8-2-3-12(23-8)14-20-15(21-22-14)16(4-5-16)13-10(17)6-9(19)7-11(13)18/h2-3,6-7H,4-5,19H2,1H3. The number of nitrogens with two attached hydrogens (primary N) is 1.